The third-order valence-electron chi connectivity index (χ3n) is 6.91. The predicted octanol–water partition coefficient (Wildman–Crippen LogP) is 6.12. The Morgan fingerprint density at radius 2 is 1.62 bits per heavy atom. The Morgan fingerprint density at radius 1 is 0.952 bits per heavy atom. The maximum absolute atomic E-state index is 13.6. The van der Waals surface area contributed by atoms with E-state index >= 15 is 0 Å². The van der Waals surface area contributed by atoms with Crippen molar-refractivity contribution in [2.24, 2.45) is 0 Å². The highest BCUT2D eigenvalue weighted by Gasteiger charge is 2.21. The summed E-state index contributed by atoms with van der Waals surface area (Å²) in [5, 5.41) is 0.701. The van der Waals surface area contributed by atoms with Crippen molar-refractivity contribution in [2.45, 2.75) is 33.2 Å². The van der Waals surface area contributed by atoms with E-state index in [2.05, 4.69) is 15.0 Å². The predicted molar refractivity (Wildman–Crippen MR) is 156 cm³/mol. The first kappa shape index (κ1) is 28.4. The fraction of sp³-hybridized carbons (Fsp3) is 0.219. The first-order valence-corrected chi connectivity index (χ1v) is 13.2. The number of rotatable bonds is 9. The normalized spacial score (nSPS) is 11.1. The molecule has 0 aliphatic rings. The Hall–Kier alpha value is -5.12. The van der Waals surface area contributed by atoms with Gasteiger partial charge in [0.05, 0.1) is 44.1 Å². The minimum Gasteiger partial charge on any atom is -0.493 e. The van der Waals surface area contributed by atoms with Gasteiger partial charge in [-0.1, -0.05) is 12.1 Å². The van der Waals surface area contributed by atoms with Crippen molar-refractivity contribution in [3.05, 3.63) is 100 Å². The molecule has 9 nitrogen and oxygen atoms in total. The van der Waals surface area contributed by atoms with Crippen LogP contribution in [0, 0.1) is 12.7 Å². The molecule has 214 valence electrons. The highest BCUT2D eigenvalue weighted by molar-refractivity contribution is 5.98. The minimum atomic E-state index is -0.424. The smallest absolute Gasteiger partial charge is 0.200 e. The van der Waals surface area contributed by atoms with E-state index in [0.717, 1.165) is 0 Å². The van der Waals surface area contributed by atoms with Gasteiger partial charge in [0, 0.05) is 41.1 Å². The van der Waals surface area contributed by atoms with Crippen molar-refractivity contribution in [3.8, 4) is 34.1 Å². The molecule has 0 aliphatic carbocycles. The molecule has 0 aliphatic heterocycles. The average molecular weight is 569 g/mol. The number of carbonyl (C=O) groups excluding carboxylic acids is 1. The van der Waals surface area contributed by atoms with Crippen LogP contribution in [0.3, 0.4) is 0 Å². The number of halogens is 1. The number of hydrogen-bond acceptors (Lipinski definition) is 8. The van der Waals surface area contributed by atoms with Crippen LogP contribution in [-0.4, -0.2) is 39.5 Å². The molecule has 0 bridgehead atoms. The molecule has 0 N–H and O–H groups in total. The summed E-state index contributed by atoms with van der Waals surface area (Å²) in [4.78, 5) is 39.9. The van der Waals surface area contributed by atoms with Gasteiger partial charge in [-0.25, -0.2) is 14.4 Å². The zero-order valence-electron chi connectivity index (χ0n) is 23.8. The van der Waals surface area contributed by atoms with E-state index < -0.39 is 17.0 Å². The van der Waals surface area contributed by atoms with Gasteiger partial charge in [0.15, 0.2) is 28.5 Å². The van der Waals surface area contributed by atoms with Crippen molar-refractivity contribution >= 4 is 16.7 Å². The van der Waals surface area contributed by atoms with Gasteiger partial charge in [-0.15, -0.1) is 0 Å². The van der Waals surface area contributed by atoms with Crippen LogP contribution in [0.2, 0.25) is 0 Å². The van der Waals surface area contributed by atoms with Crippen molar-refractivity contribution in [3.63, 3.8) is 0 Å². The van der Waals surface area contributed by atoms with Crippen molar-refractivity contribution in [2.75, 3.05) is 14.2 Å². The molecule has 3 heterocycles. The maximum Gasteiger partial charge on any atom is 0.200 e. The molecule has 0 saturated carbocycles. The minimum absolute atomic E-state index is 0.0187. The number of hydrogen-bond donors (Lipinski definition) is 0. The molecule has 0 fully saturated rings. The first-order valence-electron chi connectivity index (χ1n) is 13.2. The van der Waals surface area contributed by atoms with Gasteiger partial charge in [0.25, 0.3) is 0 Å². The Labute approximate surface area is 241 Å². The molecule has 5 aromatic rings. The molecule has 0 saturated heterocycles. The number of Topliss-reactive ketones (excluding diaryl/α,β-unsaturated/α-hetero) is 1. The number of carbonyl (C=O) groups is 1. The molecule has 0 spiro atoms. The van der Waals surface area contributed by atoms with E-state index in [0.29, 0.717) is 50.7 Å². The summed E-state index contributed by atoms with van der Waals surface area (Å²) >= 11 is 0. The summed E-state index contributed by atoms with van der Waals surface area (Å²) in [6.07, 6.45) is 5.94. The van der Waals surface area contributed by atoms with Crippen LogP contribution in [0.1, 0.15) is 41.8 Å². The number of ether oxygens (including phenoxy) is 3. The van der Waals surface area contributed by atoms with Crippen LogP contribution >= 0.6 is 0 Å². The van der Waals surface area contributed by atoms with Gasteiger partial charge >= 0.3 is 0 Å². The lowest BCUT2D eigenvalue weighted by molar-refractivity contribution is 0.0989. The fourth-order valence-electron chi connectivity index (χ4n) is 4.80. The molecular weight excluding hydrogens is 539 g/mol. The van der Waals surface area contributed by atoms with Crippen molar-refractivity contribution in [1.82, 2.24) is 19.5 Å². The van der Waals surface area contributed by atoms with E-state index in [-0.39, 0.29) is 23.9 Å². The highest BCUT2D eigenvalue weighted by atomic mass is 19.1. The molecule has 10 heteroatoms. The van der Waals surface area contributed by atoms with Crippen molar-refractivity contribution < 1.29 is 23.4 Å². The van der Waals surface area contributed by atoms with E-state index in [9.17, 15) is 14.0 Å². The van der Waals surface area contributed by atoms with Gasteiger partial charge in [-0.05, 0) is 50.6 Å². The number of methoxy groups -OCH3 is 2. The zero-order valence-corrected chi connectivity index (χ0v) is 23.8. The highest BCUT2D eigenvalue weighted by Crippen LogP contribution is 2.36. The van der Waals surface area contributed by atoms with E-state index in [4.69, 9.17) is 14.2 Å². The number of pyridine rings is 2. The van der Waals surface area contributed by atoms with Gasteiger partial charge < -0.3 is 18.8 Å². The first-order chi connectivity index (χ1) is 20.2. The molecule has 5 rings (SSSR count). The lowest BCUT2D eigenvalue weighted by Gasteiger charge is -2.19. The van der Waals surface area contributed by atoms with Crippen LogP contribution < -0.4 is 19.6 Å². The second-order valence-electron chi connectivity index (χ2n) is 9.91. The van der Waals surface area contributed by atoms with Gasteiger partial charge in [0.1, 0.15) is 17.4 Å². The monoisotopic (exact) mass is 568 g/mol. The topological polar surface area (TPSA) is 105 Å². The number of nitrogens with zero attached hydrogens (tertiary/aromatic N) is 4. The second kappa shape index (κ2) is 11.8. The quantitative estimate of drug-likeness (QED) is 0.196. The molecule has 0 radical (unpaired) electrons. The Kier molecular flexibility index (Phi) is 7.97. The van der Waals surface area contributed by atoms with E-state index in [1.165, 1.54) is 24.5 Å². The van der Waals surface area contributed by atoms with Gasteiger partial charge in [-0.2, -0.15) is 0 Å². The summed E-state index contributed by atoms with van der Waals surface area (Å²) < 4.78 is 32.2. The van der Waals surface area contributed by atoms with Crippen LogP contribution in [0.4, 0.5) is 4.39 Å². The lowest BCUT2D eigenvalue weighted by Crippen LogP contribution is -2.24. The molecule has 3 aromatic heterocycles. The Morgan fingerprint density at radius 3 is 2.26 bits per heavy atom. The van der Waals surface area contributed by atoms with Crippen LogP contribution in [-0.2, 0) is 6.42 Å². The average Bonchev–Trinajstić information content (AvgIpc) is 2.98. The second-order valence-corrected chi connectivity index (χ2v) is 9.91. The molecule has 0 unspecified atom stereocenters. The summed E-state index contributed by atoms with van der Waals surface area (Å²) in [5.41, 5.74) is 1.84. The number of aromatic nitrogens is 4. The number of fused-ring (bicyclic) bond motifs is 1. The summed E-state index contributed by atoms with van der Waals surface area (Å²) in [6, 6.07) is 10.9. The molecule has 0 atom stereocenters. The molecule has 42 heavy (non-hydrogen) atoms. The number of ketones is 1. The molecule has 0 amide bonds. The standard InChI is InChI=1S/C32H29FN4O5/c1-18(2)37-17-24(32(39)31(19(37)3)20-6-8-21(33)9-7-20)26(38)14-30-35-15-22(16-36-30)42-27-10-11-34-25-13-29(41-5)28(40-4)12-23(25)27/h6-13,15-18H,14H2,1-5H3. The summed E-state index contributed by atoms with van der Waals surface area (Å²) in [7, 11) is 3.10. The summed E-state index contributed by atoms with van der Waals surface area (Å²) in [6.45, 7) is 5.73. The van der Waals surface area contributed by atoms with Crippen LogP contribution in [0.25, 0.3) is 22.0 Å². The number of benzene rings is 2. The third kappa shape index (κ3) is 5.56. The van der Waals surface area contributed by atoms with Crippen molar-refractivity contribution in [1.29, 1.82) is 0 Å². The van der Waals surface area contributed by atoms with E-state index in [1.54, 1.807) is 56.9 Å². The Balaban J connectivity index is 1.41. The largest absolute Gasteiger partial charge is 0.493 e. The van der Waals surface area contributed by atoms with Crippen LogP contribution in [0.15, 0.2) is 72.0 Å². The fourth-order valence-corrected chi connectivity index (χ4v) is 4.80. The molecule has 2 aromatic carbocycles. The zero-order chi connectivity index (χ0) is 30.0. The SMILES string of the molecule is COc1cc2nccc(Oc3cnc(CC(=O)c4cn(C(C)C)c(C)c(-c5ccc(F)cc5)c4=O)nc3)c2cc1OC. The van der Waals surface area contributed by atoms with Crippen LogP contribution in [0.5, 0.6) is 23.0 Å². The lowest BCUT2D eigenvalue weighted by atomic mass is 9.98. The van der Waals surface area contributed by atoms with E-state index in [1.807, 2.05) is 25.3 Å². The van der Waals surface area contributed by atoms with Gasteiger partial charge in [0.2, 0.25) is 0 Å². The summed E-state index contributed by atoms with van der Waals surface area (Å²) in [5.74, 6) is 1.34. The maximum atomic E-state index is 13.6. The third-order valence-corrected chi connectivity index (χ3v) is 6.91. The van der Waals surface area contributed by atoms with Gasteiger partial charge in [-0.3, -0.25) is 14.6 Å². The Bertz CT molecular complexity index is 1830. The molecular formula is C32H29FN4O5.